The van der Waals surface area contributed by atoms with Crippen LogP contribution in [0.5, 0.6) is 0 Å². The van der Waals surface area contributed by atoms with E-state index in [1.165, 1.54) is 45.3 Å². The topological polar surface area (TPSA) is 59.9 Å². The average molecular weight is 369 g/mol. The first kappa shape index (κ1) is 23.2. The van der Waals surface area contributed by atoms with Crippen molar-refractivity contribution in [3.8, 4) is 0 Å². The van der Waals surface area contributed by atoms with Crippen LogP contribution in [0.15, 0.2) is 4.99 Å². The van der Waals surface area contributed by atoms with Crippen LogP contribution >= 0.6 is 0 Å². The molecule has 0 radical (unpaired) electrons. The minimum Gasteiger partial charge on any atom is -0.396 e. The smallest absolute Gasteiger partial charge is 0.191 e. The van der Waals surface area contributed by atoms with Crippen LogP contribution in [0.1, 0.15) is 66.2 Å². The molecule has 26 heavy (non-hydrogen) atoms. The maximum atomic E-state index is 9.26. The van der Waals surface area contributed by atoms with Crippen LogP contribution in [-0.2, 0) is 0 Å². The Kier molecular flexibility index (Phi) is 12.8. The zero-order valence-corrected chi connectivity index (χ0v) is 17.8. The van der Waals surface area contributed by atoms with Gasteiger partial charge in [-0.2, -0.15) is 0 Å². The molecule has 1 aliphatic heterocycles. The quantitative estimate of drug-likeness (QED) is 0.281. The lowest BCUT2D eigenvalue weighted by atomic mass is 9.94. The fourth-order valence-corrected chi connectivity index (χ4v) is 3.65. The Hall–Kier alpha value is -0.810. The van der Waals surface area contributed by atoms with Gasteiger partial charge in [-0.1, -0.05) is 20.8 Å². The number of likely N-dealkylation sites (tertiary alicyclic amines) is 1. The second-order valence-corrected chi connectivity index (χ2v) is 8.39. The molecule has 1 atom stereocenters. The van der Waals surface area contributed by atoms with E-state index in [4.69, 9.17) is 4.99 Å². The molecule has 3 N–H and O–H groups in total. The van der Waals surface area contributed by atoms with E-state index in [0.717, 1.165) is 44.4 Å². The summed E-state index contributed by atoms with van der Waals surface area (Å²) in [5, 5.41) is 16.1. The Morgan fingerprint density at radius 3 is 2.54 bits per heavy atom. The first-order valence-electron chi connectivity index (χ1n) is 10.9. The summed E-state index contributed by atoms with van der Waals surface area (Å²) in [6.45, 7) is 15.6. The van der Waals surface area contributed by atoms with Crippen molar-refractivity contribution < 1.29 is 5.11 Å². The normalized spacial score (nSPS) is 18.3. The van der Waals surface area contributed by atoms with Crippen LogP contribution < -0.4 is 10.6 Å². The molecule has 1 heterocycles. The van der Waals surface area contributed by atoms with Gasteiger partial charge in [0.05, 0.1) is 0 Å². The van der Waals surface area contributed by atoms with E-state index < -0.39 is 0 Å². The number of unbranched alkanes of at least 4 members (excludes halogenated alkanes) is 1. The summed E-state index contributed by atoms with van der Waals surface area (Å²) in [6, 6.07) is 0. The zero-order chi connectivity index (χ0) is 19.2. The molecule has 0 aliphatic carbocycles. The Labute approximate surface area is 162 Å². The van der Waals surface area contributed by atoms with Crippen LogP contribution in [0.3, 0.4) is 0 Å². The van der Waals surface area contributed by atoms with E-state index in [9.17, 15) is 5.11 Å². The van der Waals surface area contributed by atoms with Gasteiger partial charge < -0.3 is 20.6 Å². The average Bonchev–Trinajstić information content (AvgIpc) is 2.60. The maximum Gasteiger partial charge on any atom is 0.191 e. The van der Waals surface area contributed by atoms with Crippen LogP contribution in [-0.4, -0.2) is 61.8 Å². The summed E-state index contributed by atoms with van der Waals surface area (Å²) in [6.07, 6.45) is 7.12. The zero-order valence-electron chi connectivity index (χ0n) is 17.8. The molecule has 1 fully saturated rings. The van der Waals surface area contributed by atoms with Gasteiger partial charge >= 0.3 is 0 Å². The molecule has 5 heteroatoms. The predicted octanol–water partition coefficient (Wildman–Crippen LogP) is 3.10. The summed E-state index contributed by atoms with van der Waals surface area (Å²) in [5.74, 6) is 2.95. The Bertz CT molecular complexity index is 365. The Morgan fingerprint density at radius 1 is 1.19 bits per heavy atom. The molecule has 1 aliphatic rings. The monoisotopic (exact) mass is 368 g/mol. The summed E-state index contributed by atoms with van der Waals surface area (Å²) in [5.41, 5.74) is 0. The second-order valence-electron chi connectivity index (χ2n) is 8.39. The van der Waals surface area contributed by atoms with E-state index in [2.05, 4.69) is 43.2 Å². The summed E-state index contributed by atoms with van der Waals surface area (Å²) < 4.78 is 0. The number of aliphatic hydroxyl groups excluding tert-OH is 1. The molecule has 0 aromatic heterocycles. The number of piperidine rings is 1. The third-order valence-corrected chi connectivity index (χ3v) is 5.26. The molecule has 0 spiro atoms. The number of rotatable bonds is 12. The molecule has 0 bridgehead atoms. The molecule has 0 aromatic carbocycles. The standard InChI is InChI=1S/C21H44N4O/c1-5-22-21(24-17-20(10-15-26)16-18(2)3)23-11-6-7-12-25-13-8-19(4)9-14-25/h18-20,26H,5-17H2,1-4H3,(H2,22,23,24). The summed E-state index contributed by atoms with van der Waals surface area (Å²) >= 11 is 0. The lowest BCUT2D eigenvalue weighted by Gasteiger charge is -2.30. The van der Waals surface area contributed by atoms with Crippen LogP contribution in [0.2, 0.25) is 0 Å². The highest BCUT2D eigenvalue weighted by Gasteiger charge is 2.14. The number of nitrogens with one attached hydrogen (secondary N) is 2. The molecule has 0 aromatic rings. The summed E-state index contributed by atoms with van der Waals surface area (Å²) in [7, 11) is 0. The van der Waals surface area contributed by atoms with Gasteiger partial charge in [0.1, 0.15) is 0 Å². The molecule has 154 valence electrons. The molecule has 1 unspecified atom stereocenters. The molecule has 0 saturated carbocycles. The molecule has 1 saturated heterocycles. The third-order valence-electron chi connectivity index (χ3n) is 5.26. The molecule has 0 amide bonds. The number of hydrogen-bond acceptors (Lipinski definition) is 3. The first-order valence-corrected chi connectivity index (χ1v) is 10.9. The van der Waals surface area contributed by atoms with Crippen molar-refractivity contribution in [2.24, 2.45) is 22.7 Å². The Balaban J connectivity index is 2.25. The Morgan fingerprint density at radius 2 is 1.92 bits per heavy atom. The van der Waals surface area contributed by atoms with Crippen molar-refractivity contribution in [1.82, 2.24) is 15.5 Å². The fraction of sp³-hybridized carbons (Fsp3) is 0.952. The highest BCUT2D eigenvalue weighted by atomic mass is 16.3. The lowest BCUT2D eigenvalue weighted by molar-refractivity contribution is 0.189. The maximum absolute atomic E-state index is 9.26. The largest absolute Gasteiger partial charge is 0.396 e. The summed E-state index contributed by atoms with van der Waals surface area (Å²) in [4.78, 5) is 7.37. The fourth-order valence-electron chi connectivity index (χ4n) is 3.65. The van der Waals surface area contributed by atoms with E-state index in [1.54, 1.807) is 0 Å². The first-order chi connectivity index (χ1) is 12.5. The van der Waals surface area contributed by atoms with Gasteiger partial charge in [0.2, 0.25) is 0 Å². The van der Waals surface area contributed by atoms with Crippen molar-refractivity contribution in [3.05, 3.63) is 0 Å². The van der Waals surface area contributed by atoms with Gasteiger partial charge in [0.25, 0.3) is 0 Å². The van der Waals surface area contributed by atoms with Gasteiger partial charge in [-0.3, -0.25) is 4.99 Å². The van der Waals surface area contributed by atoms with Gasteiger partial charge in [-0.05, 0) is 82.8 Å². The van der Waals surface area contributed by atoms with Crippen LogP contribution in [0.4, 0.5) is 0 Å². The SMILES string of the molecule is CCNC(=NCC(CCO)CC(C)C)NCCCCN1CCC(C)CC1. The van der Waals surface area contributed by atoms with Crippen molar-refractivity contribution in [1.29, 1.82) is 0 Å². The molecule has 5 nitrogen and oxygen atoms in total. The highest BCUT2D eigenvalue weighted by Crippen LogP contribution is 2.16. The van der Waals surface area contributed by atoms with Gasteiger partial charge in [-0.25, -0.2) is 0 Å². The van der Waals surface area contributed by atoms with Crippen LogP contribution in [0, 0.1) is 17.8 Å². The number of guanidine groups is 1. The molecular weight excluding hydrogens is 324 g/mol. The van der Waals surface area contributed by atoms with E-state index >= 15 is 0 Å². The van der Waals surface area contributed by atoms with E-state index in [1.807, 2.05) is 0 Å². The third kappa shape index (κ3) is 11.0. The van der Waals surface area contributed by atoms with E-state index in [0.29, 0.717) is 11.8 Å². The van der Waals surface area contributed by atoms with Crippen LogP contribution in [0.25, 0.3) is 0 Å². The number of hydrogen-bond donors (Lipinski definition) is 3. The lowest BCUT2D eigenvalue weighted by Crippen LogP contribution is -2.38. The second kappa shape index (κ2) is 14.3. The predicted molar refractivity (Wildman–Crippen MR) is 113 cm³/mol. The van der Waals surface area contributed by atoms with Crippen molar-refractivity contribution in [2.75, 3.05) is 45.9 Å². The van der Waals surface area contributed by atoms with Gasteiger partial charge in [0.15, 0.2) is 5.96 Å². The van der Waals surface area contributed by atoms with E-state index in [-0.39, 0.29) is 6.61 Å². The van der Waals surface area contributed by atoms with Gasteiger partial charge in [-0.15, -0.1) is 0 Å². The molecular formula is C21H44N4O. The highest BCUT2D eigenvalue weighted by molar-refractivity contribution is 5.79. The minimum absolute atomic E-state index is 0.256. The van der Waals surface area contributed by atoms with Crippen molar-refractivity contribution in [3.63, 3.8) is 0 Å². The van der Waals surface area contributed by atoms with Crippen molar-refractivity contribution in [2.45, 2.75) is 66.2 Å². The van der Waals surface area contributed by atoms with Crippen molar-refractivity contribution >= 4 is 5.96 Å². The number of nitrogens with zero attached hydrogens (tertiary/aromatic N) is 2. The van der Waals surface area contributed by atoms with Gasteiger partial charge in [0, 0.05) is 26.2 Å². The number of aliphatic hydroxyl groups is 1. The number of aliphatic imine (C=N–C) groups is 1. The minimum atomic E-state index is 0.256. The molecule has 1 rings (SSSR count).